The van der Waals surface area contributed by atoms with Crippen molar-refractivity contribution in [2.75, 3.05) is 25.5 Å². The Morgan fingerprint density at radius 2 is 1.91 bits per heavy atom. The van der Waals surface area contributed by atoms with E-state index in [0.29, 0.717) is 12.2 Å². The van der Waals surface area contributed by atoms with Crippen LogP contribution in [0.2, 0.25) is 0 Å². The first-order valence-corrected chi connectivity index (χ1v) is 6.96. The fourth-order valence-corrected chi connectivity index (χ4v) is 1.69. The van der Waals surface area contributed by atoms with Crippen LogP contribution in [0.5, 0.6) is 0 Å². The fraction of sp³-hybridized carbons (Fsp3) is 0.400. The molecule has 1 rings (SSSR count). The van der Waals surface area contributed by atoms with Gasteiger partial charge >= 0.3 is 11.8 Å². The number of likely N-dealkylation sites (N-methyl/N-ethyl adjacent to an activating group) is 1. The van der Waals surface area contributed by atoms with Crippen LogP contribution >= 0.6 is 0 Å². The van der Waals surface area contributed by atoms with Crippen LogP contribution in [-0.4, -0.2) is 37.9 Å². The summed E-state index contributed by atoms with van der Waals surface area (Å²) in [6.45, 7) is 3.87. The van der Waals surface area contributed by atoms with Gasteiger partial charge in [0, 0.05) is 19.3 Å². The number of hydrogen-bond donors (Lipinski definition) is 3. The molecule has 3 amide bonds. The molecule has 0 aromatic heterocycles. The average Bonchev–Trinajstić information content (AvgIpc) is 2.52. The maximum atomic E-state index is 11.7. The topological polar surface area (TPSA) is 96.5 Å². The highest BCUT2D eigenvalue weighted by Crippen LogP contribution is 2.19. The molecule has 7 nitrogen and oxygen atoms in total. The zero-order chi connectivity index (χ0) is 16.5. The van der Waals surface area contributed by atoms with Gasteiger partial charge in [-0.25, -0.2) is 0 Å². The molecule has 120 valence electrons. The lowest BCUT2D eigenvalue weighted by molar-refractivity contribution is -0.136. The quantitative estimate of drug-likeness (QED) is 0.670. The van der Waals surface area contributed by atoms with Crippen molar-refractivity contribution in [2.45, 2.75) is 20.0 Å². The van der Waals surface area contributed by atoms with Gasteiger partial charge in [-0.15, -0.1) is 0 Å². The number of hydrogen-bond acceptors (Lipinski definition) is 4. The molecule has 22 heavy (non-hydrogen) atoms. The Labute approximate surface area is 129 Å². The number of anilines is 1. The summed E-state index contributed by atoms with van der Waals surface area (Å²) in [6, 6.07) is 7.01. The van der Waals surface area contributed by atoms with Crippen LogP contribution in [0.1, 0.15) is 25.5 Å². The Morgan fingerprint density at radius 3 is 2.55 bits per heavy atom. The number of nitrogens with one attached hydrogen (secondary N) is 3. The van der Waals surface area contributed by atoms with E-state index < -0.39 is 11.8 Å². The summed E-state index contributed by atoms with van der Waals surface area (Å²) in [5.74, 6) is -2.04. The maximum absolute atomic E-state index is 11.7. The fourth-order valence-electron chi connectivity index (χ4n) is 1.69. The summed E-state index contributed by atoms with van der Waals surface area (Å²) in [5, 5.41) is 7.24. The molecule has 0 radical (unpaired) electrons. The van der Waals surface area contributed by atoms with Crippen LogP contribution in [0, 0.1) is 0 Å². The van der Waals surface area contributed by atoms with E-state index in [2.05, 4.69) is 16.0 Å². The molecular weight excluding hydrogens is 286 g/mol. The van der Waals surface area contributed by atoms with Gasteiger partial charge in [-0.2, -0.15) is 0 Å². The molecule has 1 aromatic carbocycles. The zero-order valence-corrected chi connectivity index (χ0v) is 12.9. The molecule has 0 aliphatic heterocycles. The smallest absolute Gasteiger partial charge is 0.313 e. The van der Waals surface area contributed by atoms with E-state index >= 15 is 0 Å². The SMILES string of the molecule is CCNC(=O)CNC(=O)C(=O)Nc1cccc(C(C)OC)c1. The second-order valence-corrected chi connectivity index (χ2v) is 4.59. The third-order valence-corrected chi connectivity index (χ3v) is 2.96. The summed E-state index contributed by atoms with van der Waals surface area (Å²) in [7, 11) is 1.59. The molecule has 7 heteroatoms. The van der Waals surface area contributed by atoms with Gasteiger partial charge in [-0.3, -0.25) is 14.4 Å². The van der Waals surface area contributed by atoms with Crippen molar-refractivity contribution in [3.63, 3.8) is 0 Å². The van der Waals surface area contributed by atoms with Crippen molar-refractivity contribution in [1.29, 1.82) is 0 Å². The largest absolute Gasteiger partial charge is 0.377 e. The Morgan fingerprint density at radius 1 is 1.18 bits per heavy atom. The normalized spacial score (nSPS) is 11.4. The van der Waals surface area contributed by atoms with Crippen LogP contribution in [0.15, 0.2) is 24.3 Å². The Bertz CT molecular complexity index is 545. The highest BCUT2D eigenvalue weighted by Gasteiger charge is 2.15. The van der Waals surface area contributed by atoms with Gasteiger partial charge in [0.2, 0.25) is 5.91 Å². The number of rotatable bonds is 6. The molecule has 0 saturated carbocycles. The summed E-state index contributed by atoms with van der Waals surface area (Å²) >= 11 is 0. The monoisotopic (exact) mass is 307 g/mol. The minimum Gasteiger partial charge on any atom is -0.377 e. The number of benzene rings is 1. The third-order valence-electron chi connectivity index (χ3n) is 2.96. The van der Waals surface area contributed by atoms with Crippen molar-refractivity contribution >= 4 is 23.4 Å². The summed E-state index contributed by atoms with van der Waals surface area (Å²) in [4.78, 5) is 34.6. The van der Waals surface area contributed by atoms with Gasteiger partial charge < -0.3 is 20.7 Å². The molecule has 0 saturated heterocycles. The van der Waals surface area contributed by atoms with Crippen LogP contribution in [0.4, 0.5) is 5.69 Å². The highest BCUT2D eigenvalue weighted by molar-refractivity contribution is 6.39. The molecule has 1 unspecified atom stereocenters. The Balaban J connectivity index is 2.57. The molecule has 0 spiro atoms. The molecule has 0 heterocycles. The highest BCUT2D eigenvalue weighted by atomic mass is 16.5. The van der Waals surface area contributed by atoms with Crippen molar-refractivity contribution in [2.24, 2.45) is 0 Å². The Hall–Kier alpha value is -2.41. The molecule has 0 aliphatic carbocycles. The maximum Gasteiger partial charge on any atom is 0.313 e. The predicted octanol–water partition coefficient (Wildman–Crippen LogP) is 0.585. The zero-order valence-electron chi connectivity index (χ0n) is 12.9. The van der Waals surface area contributed by atoms with Gasteiger partial charge in [0.15, 0.2) is 0 Å². The minimum absolute atomic E-state index is 0.122. The van der Waals surface area contributed by atoms with Gasteiger partial charge in [-0.05, 0) is 31.5 Å². The standard InChI is InChI=1S/C15H21N3O4/c1-4-16-13(19)9-17-14(20)15(21)18-12-7-5-6-11(8-12)10(2)22-3/h5-8,10H,4,9H2,1-3H3,(H,16,19)(H,17,20)(H,18,21). The summed E-state index contributed by atoms with van der Waals surface area (Å²) < 4.78 is 5.20. The minimum atomic E-state index is -0.864. The molecule has 3 N–H and O–H groups in total. The lowest BCUT2D eigenvalue weighted by atomic mass is 10.1. The lowest BCUT2D eigenvalue weighted by Gasteiger charge is -2.12. The number of carbonyl (C=O) groups excluding carboxylic acids is 3. The second-order valence-electron chi connectivity index (χ2n) is 4.59. The lowest BCUT2D eigenvalue weighted by Crippen LogP contribution is -2.41. The van der Waals surface area contributed by atoms with Gasteiger partial charge in [0.1, 0.15) is 0 Å². The van der Waals surface area contributed by atoms with E-state index in [1.165, 1.54) is 0 Å². The van der Waals surface area contributed by atoms with Crippen LogP contribution in [0.3, 0.4) is 0 Å². The van der Waals surface area contributed by atoms with Crippen molar-refractivity contribution < 1.29 is 19.1 Å². The first-order chi connectivity index (χ1) is 10.5. The number of methoxy groups -OCH3 is 1. The van der Waals surface area contributed by atoms with E-state index in [-0.39, 0.29) is 18.6 Å². The van der Waals surface area contributed by atoms with E-state index in [1.807, 2.05) is 13.0 Å². The Kier molecular flexibility index (Phi) is 7.04. The van der Waals surface area contributed by atoms with E-state index in [4.69, 9.17) is 4.74 Å². The van der Waals surface area contributed by atoms with Crippen LogP contribution in [-0.2, 0) is 19.1 Å². The number of ether oxygens (including phenoxy) is 1. The van der Waals surface area contributed by atoms with Gasteiger partial charge in [0.05, 0.1) is 12.6 Å². The van der Waals surface area contributed by atoms with Crippen molar-refractivity contribution in [3.05, 3.63) is 29.8 Å². The van der Waals surface area contributed by atoms with E-state index in [0.717, 1.165) is 5.56 Å². The first kappa shape index (κ1) is 17.6. The first-order valence-electron chi connectivity index (χ1n) is 6.96. The van der Waals surface area contributed by atoms with Crippen molar-refractivity contribution in [1.82, 2.24) is 10.6 Å². The molecule has 1 aromatic rings. The van der Waals surface area contributed by atoms with Gasteiger partial charge in [-0.1, -0.05) is 12.1 Å². The van der Waals surface area contributed by atoms with Crippen LogP contribution in [0.25, 0.3) is 0 Å². The molecular formula is C15H21N3O4. The van der Waals surface area contributed by atoms with Crippen molar-refractivity contribution in [3.8, 4) is 0 Å². The molecule has 0 aliphatic rings. The number of amides is 3. The predicted molar refractivity (Wildman–Crippen MR) is 82.2 cm³/mol. The third kappa shape index (κ3) is 5.53. The second kappa shape index (κ2) is 8.78. The number of carbonyl (C=O) groups is 3. The average molecular weight is 307 g/mol. The molecule has 1 atom stereocenters. The van der Waals surface area contributed by atoms with Gasteiger partial charge in [0.25, 0.3) is 0 Å². The van der Waals surface area contributed by atoms with E-state index in [9.17, 15) is 14.4 Å². The summed E-state index contributed by atoms with van der Waals surface area (Å²) in [5.41, 5.74) is 1.36. The van der Waals surface area contributed by atoms with E-state index in [1.54, 1.807) is 32.2 Å². The summed E-state index contributed by atoms with van der Waals surface area (Å²) in [6.07, 6.45) is -0.122. The molecule has 0 bridgehead atoms. The van der Waals surface area contributed by atoms with Crippen LogP contribution < -0.4 is 16.0 Å². The molecule has 0 fully saturated rings.